The van der Waals surface area contributed by atoms with Crippen LogP contribution in [0.25, 0.3) is 17.4 Å². The number of amides is 2. The van der Waals surface area contributed by atoms with Crippen molar-refractivity contribution in [3.63, 3.8) is 0 Å². The number of rotatable bonds is 3. The van der Waals surface area contributed by atoms with Gasteiger partial charge in [0.1, 0.15) is 11.5 Å². The highest BCUT2D eigenvalue weighted by atomic mass is 32.2. The van der Waals surface area contributed by atoms with E-state index in [0.29, 0.717) is 16.4 Å². The molecule has 1 fully saturated rings. The topological polar surface area (TPSA) is 79.5 Å². The molecule has 2 N–H and O–H groups in total. The molecule has 2 amide bonds. The lowest BCUT2D eigenvalue weighted by molar-refractivity contribution is -0.115. The third-order valence-electron chi connectivity index (χ3n) is 2.94. The average molecular weight is 301 g/mol. The first-order valence-corrected chi connectivity index (χ1v) is 7.02. The first-order chi connectivity index (χ1) is 10.2. The second kappa shape index (κ2) is 5.59. The van der Waals surface area contributed by atoms with Crippen LogP contribution in [0.1, 0.15) is 11.3 Å². The number of hydrogen-bond donors (Lipinski definition) is 2. The van der Waals surface area contributed by atoms with E-state index in [1.54, 1.807) is 12.1 Å². The van der Waals surface area contributed by atoms with Gasteiger partial charge >= 0.3 is 0 Å². The smallest absolute Gasteiger partial charge is 0.290 e. The van der Waals surface area contributed by atoms with Crippen LogP contribution >= 0.6 is 11.8 Å². The summed E-state index contributed by atoms with van der Waals surface area (Å²) < 4.78 is 5.65. The van der Waals surface area contributed by atoms with Crippen LogP contribution in [0, 0.1) is 0 Å². The maximum atomic E-state index is 11.5. The van der Waals surface area contributed by atoms with Gasteiger partial charge in [0.15, 0.2) is 0 Å². The average Bonchev–Trinajstić information content (AvgIpc) is 3.06. The van der Waals surface area contributed by atoms with Gasteiger partial charge in [-0.1, -0.05) is 18.2 Å². The Labute approximate surface area is 124 Å². The number of thioether (sulfide) groups is 1. The van der Waals surface area contributed by atoms with Crippen molar-refractivity contribution >= 4 is 29.0 Å². The summed E-state index contributed by atoms with van der Waals surface area (Å²) in [6.45, 7) is -0.0373. The zero-order valence-electron chi connectivity index (χ0n) is 10.8. The molecule has 21 heavy (non-hydrogen) atoms. The normalized spacial score (nSPS) is 16.5. The molecular formula is C15H11NO4S. The number of aliphatic hydroxyl groups excluding tert-OH is 1. The molecule has 0 radical (unpaired) electrons. The molecule has 1 aliphatic rings. The van der Waals surface area contributed by atoms with Crippen LogP contribution in [0.3, 0.4) is 0 Å². The SMILES string of the molecule is O=C1NC(=O)/C(=C\c2ccc(-c3cccc(CO)c3)o2)S1. The largest absolute Gasteiger partial charge is 0.457 e. The highest BCUT2D eigenvalue weighted by molar-refractivity contribution is 8.18. The van der Waals surface area contributed by atoms with E-state index in [9.17, 15) is 9.59 Å². The molecule has 0 aliphatic carbocycles. The molecular weight excluding hydrogens is 290 g/mol. The molecule has 1 aliphatic heterocycles. The third-order valence-corrected chi connectivity index (χ3v) is 3.75. The van der Waals surface area contributed by atoms with E-state index in [1.165, 1.54) is 6.08 Å². The molecule has 0 bridgehead atoms. The van der Waals surface area contributed by atoms with Crippen LogP contribution in [0.4, 0.5) is 4.79 Å². The third kappa shape index (κ3) is 2.91. The molecule has 5 nitrogen and oxygen atoms in total. The van der Waals surface area contributed by atoms with Gasteiger partial charge in [0.2, 0.25) is 0 Å². The van der Waals surface area contributed by atoms with E-state index in [-0.39, 0.29) is 11.8 Å². The Morgan fingerprint density at radius 3 is 2.81 bits per heavy atom. The molecule has 0 atom stereocenters. The van der Waals surface area contributed by atoms with E-state index in [2.05, 4.69) is 5.32 Å². The molecule has 3 rings (SSSR count). The van der Waals surface area contributed by atoms with Crippen LogP contribution in [-0.4, -0.2) is 16.3 Å². The zero-order chi connectivity index (χ0) is 14.8. The summed E-state index contributed by atoms with van der Waals surface area (Å²) in [5.41, 5.74) is 1.63. The maximum absolute atomic E-state index is 11.5. The minimum atomic E-state index is -0.412. The van der Waals surface area contributed by atoms with Crippen molar-refractivity contribution in [1.29, 1.82) is 0 Å². The van der Waals surface area contributed by atoms with Crippen LogP contribution < -0.4 is 5.32 Å². The summed E-state index contributed by atoms with van der Waals surface area (Å²) in [5, 5.41) is 10.9. The van der Waals surface area contributed by atoms with E-state index in [0.717, 1.165) is 22.9 Å². The summed E-state index contributed by atoms with van der Waals surface area (Å²) in [5.74, 6) is 0.712. The number of nitrogens with one attached hydrogen (secondary N) is 1. The minimum Gasteiger partial charge on any atom is -0.457 e. The van der Waals surface area contributed by atoms with Crippen LogP contribution in [0.5, 0.6) is 0 Å². The van der Waals surface area contributed by atoms with Gasteiger partial charge in [-0.25, -0.2) is 0 Å². The lowest BCUT2D eigenvalue weighted by Crippen LogP contribution is -2.17. The van der Waals surface area contributed by atoms with Gasteiger partial charge in [-0.15, -0.1) is 0 Å². The summed E-state index contributed by atoms with van der Waals surface area (Å²) in [4.78, 5) is 22.9. The zero-order valence-corrected chi connectivity index (χ0v) is 11.6. The van der Waals surface area contributed by atoms with Gasteiger partial charge in [-0.05, 0) is 35.5 Å². The molecule has 2 aromatic rings. The highest BCUT2D eigenvalue weighted by Crippen LogP contribution is 2.28. The fourth-order valence-corrected chi connectivity index (χ4v) is 2.62. The van der Waals surface area contributed by atoms with Crippen LogP contribution in [0.2, 0.25) is 0 Å². The van der Waals surface area contributed by atoms with Crippen molar-refractivity contribution in [2.24, 2.45) is 0 Å². The van der Waals surface area contributed by atoms with Crippen molar-refractivity contribution in [2.45, 2.75) is 6.61 Å². The summed E-state index contributed by atoms with van der Waals surface area (Å²) in [6, 6.07) is 10.9. The molecule has 0 saturated carbocycles. The number of hydrogen-bond acceptors (Lipinski definition) is 5. The van der Waals surface area contributed by atoms with E-state index in [4.69, 9.17) is 9.52 Å². The lowest BCUT2D eigenvalue weighted by atomic mass is 10.1. The first-order valence-electron chi connectivity index (χ1n) is 6.20. The number of furan rings is 1. The number of carbonyl (C=O) groups is 2. The summed E-state index contributed by atoms with van der Waals surface area (Å²) >= 11 is 0.848. The quantitative estimate of drug-likeness (QED) is 0.852. The Hall–Kier alpha value is -2.31. The van der Waals surface area contributed by atoms with Gasteiger partial charge in [0.25, 0.3) is 11.1 Å². The minimum absolute atomic E-state index is 0.0373. The van der Waals surface area contributed by atoms with Gasteiger partial charge in [0.05, 0.1) is 11.5 Å². The molecule has 106 valence electrons. The fourth-order valence-electron chi connectivity index (χ4n) is 1.96. The van der Waals surface area contributed by atoms with E-state index >= 15 is 0 Å². The van der Waals surface area contributed by atoms with Crippen molar-refractivity contribution in [3.05, 3.63) is 52.6 Å². The molecule has 0 unspecified atom stereocenters. The number of benzene rings is 1. The second-order valence-corrected chi connectivity index (χ2v) is 5.43. The Balaban J connectivity index is 1.88. The van der Waals surface area contributed by atoms with E-state index < -0.39 is 5.91 Å². The molecule has 1 aromatic heterocycles. The number of imide groups is 1. The summed E-state index contributed by atoms with van der Waals surface area (Å²) in [6.07, 6.45) is 1.53. The Morgan fingerprint density at radius 1 is 1.24 bits per heavy atom. The highest BCUT2D eigenvalue weighted by Gasteiger charge is 2.25. The van der Waals surface area contributed by atoms with Crippen LogP contribution in [-0.2, 0) is 11.4 Å². The molecule has 2 heterocycles. The van der Waals surface area contributed by atoms with Gasteiger partial charge in [-0.2, -0.15) is 0 Å². The first kappa shape index (κ1) is 13.7. The van der Waals surface area contributed by atoms with E-state index in [1.807, 2.05) is 24.3 Å². The Morgan fingerprint density at radius 2 is 2.10 bits per heavy atom. The predicted molar refractivity (Wildman–Crippen MR) is 79.2 cm³/mol. The Bertz CT molecular complexity index is 748. The van der Waals surface area contributed by atoms with Crippen molar-refractivity contribution < 1.29 is 19.1 Å². The standard InChI is InChI=1S/C15H11NO4S/c17-8-9-2-1-3-10(6-9)12-5-4-11(20-12)7-13-14(18)16-15(19)21-13/h1-7,17H,8H2,(H,16,18,19)/b13-7+. The molecule has 1 saturated heterocycles. The van der Waals surface area contributed by atoms with Gasteiger partial charge in [0, 0.05) is 11.6 Å². The molecule has 0 spiro atoms. The number of carbonyl (C=O) groups excluding carboxylic acids is 2. The van der Waals surface area contributed by atoms with Crippen molar-refractivity contribution in [2.75, 3.05) is 0 Å². The second-order valence-electron chi connectivity index (χ2n) is 4.41. The predicted octanol–water partition coefficient (Wildman–Crippen LogP) is 2.76. The van der Waals surface area contributed by atoms with Gasteiger partial charge in [-0.3, -0.25) is 14.9 Å². The summed E-state index contributed by atoms with van der Waals surface area (Å²) in [7, 11) is 0. The molecule has 6 heteroatoms. The number of aliphatic hydroxyl groups is 1. The maximum Gasteiger partial charge on any atom is 0.290 e. The van der Waals surface area contributed by atoms with Crippen molar-refractivity contribution in [3.8, 4) is 11.3 Å². The fraction of sp³-hybridized carbons (Fsp3) is 0.0667. The monoisotopic (exact) mass is 301 g/mol. The Kier molecular flexibility index (Phi) is 3.64. The molecule has 1 aromatic carbocycles. The lowest BCUT2D eigenvalue weighted by Gasteiger charge is -2.00. The van der Waals surface area contributed by atoms with Crippen molar-refractivity contribution in [1.82, 2.24) is 5.32 Å². The van der Waals surface area contributed by atoms with Crippen LogP contribution in [0.15, 0.2) is 45.7 Å². The van der Waals surface area contributed by atoms with Gasteiger partial charge < -0.3 is 9.52 Å².